The number of ether oxygens (including phenoxy) is 1. The van der Waals surface area contributed by atoms with E-state index in [0.717, 1.165) is 39.2 Å². The molecule has 0 bridgehead atoms. The molecule has 0 spiro atoms. The molecule has 6 heteroatoms. The van der Waals surface area contributed by atoms with Gasteiger partial charge in [0.2, 0.25) is 0 Å². The van der Waals surface area contributed by atoms with Crippen LogP contribution in [0.4, 0.5) is 5.13 Å². The van der Waals surface area contributed by atoms with Crippen molar-refractivity contribution in [3.8, 4) is 5.75 Å². The summed E-state index contributed by atoms with van der Waals surface area (Å²) in [6.45, 7) is 5.32. The van der Waals surface area contributed by atoms with Gasteiger partial charge in [-0.25, -0.2) is 4.98 Å². The lowest BCUT2D eigenvalue weighted by molar-refractivity contribution is 0.0984. The number of likely N-dealkylation sites (N-methyl/N-ethyl adjacent to an activating group) is 1. The highest BCUT2D eigenvalue weighted by Gasteiger charge is 2.23. The van der Waals surface area contributed by atoms with E-state index in [2.05, 4.69) is 4.90 Å². The van der Waals surface area contributed by atoms with E-state index in [-0.39, 0.29) is 5.91 Å². The van der Waals surface area contributed by atoms with Crippen LogP contribution in [-0.2, 0) is 0 Å². The van der Waals surface area contributed by atoms with Crippen molar-refractivity contribution in [1.29, 1.82) is 0 Å². The summed E-state index contributed by atoms with van der Waals surface area (Å²) in [6, 6.07) is 11.8. The van der Waals surface area contributed by atoms with Gasteiger partial charge in [-0.3, -0.25) is 9.69 Å². The molecular weight excluding hydrogens is 358 g/mol. The molecule has 0 aliphatic rings. The molecule has 0 atom stereocenters. The maximum Gasteiger partial charge on any atom is 0.260 e. The number of hydrogen-bond donors (Lipinski definition) is 0. The fraction of sp³-hybridized carbons (Fsp3) is 0.333. The summed E-state index contributed by atoms with van der Waals surface area (Å²) < 4.78 is 6.33. The number of hydrogen-bond acceptors (Lipinski definition) is 5. The fourth-order valence-corrected chi connectivity index (χ4v) is 3.80. The molecule has 2 aromatic carbocycles. The van der Waals surface area contributed by atoms with Crippen molar-refractivity contribution in [3.05, 3.63) is 53.1 Å². The summed E-state index contributed by atoms with van der Waals surface area (Å²) in [5, 5.41) is 0.714. The van der Waals surface area contributed by atoms with Crippen molar-refractivity contribution in [2.45, 2.75) is 13.8 Å². The smallest absolute Gasteiger partial charge is 0.260 e. The van der Waals surface area contributed by atoms with E-state index in [0.29, 0.717) is 11.7 Å². The number of anilines is 1. The van der Waals surface area contributed by atoms with E-state index in [9.17, 15) is 4.79 Å². The minimum absolute atomic E-state index is 0.0101. The van der Waals surface area contributed by atoms with Gasteiger partial charge in [-0.15, -0.1) is 0 Å². The molecule has 0 aliphatic heterocycles. The third kappa shape index (κ3) is 4.28. The van der Waals surface area contributed by atoms with Crippen LogP contribution in [0.1, 0.15) is 21.5 Å². The molecule has 0 saturated carbocycles. The summed E-state index contributed by atoms with van der Waals surface area (Å²) in [5.74, 6) is 0.754. The number of benzene rings is 2. The molecule has 27 heavy (non-hydrogen) atoms. The number of fused-ring (bicyclic) bond motifs is 1. The normalized spacial score (nSPS) is 11.2. The van der Waals surface area contributed by atoms with Crippen molar-refractivity contribution in [2.24, 2.45) is 0 Å². The van der Waals surface area contributed by atoms with E-state index >= 15 is 0 Å². The predicted molar refractivity (Wildman–Crippen MR) is 112 cm³/mol. The highest BCUT2D eigenvalue weighted by molar-refractivity contribution is 7.22. The predicted octanol–water partition coefficient (Wildman–Crippen LogP) is 4.13. The molecule has 0 aliphatic carbocycles. The lowest BCUT2D eigenvalue weighted by atomic mass is 10.0. The zero-order valence-electron chi connectivity index (χ0n) is 16.4. The van der Waals surface area contributed by atoms with Gasteiger partial charge in [0.05, 0.1) is 17.3 Å². The average molecular weight is 384 g/mol. The van der Waals surface area contributed by atoms with Crippen molar-refractivity contribution in [2.75, 3.05) is 39.2 Å². The zero-order chi connectivity index (χ0) is 19.6. The summed E-state index contributed by atoms with van der Waals surface area (Å²) in [4.78, 5) is 22.0. The number of methoxy groups -OCH3 is 1. The van der Waals surface area contributed by atoms with Gasteiger partial charge in [-0.1, -0.05) is 29.0 Å². The minimum atomic E-state index is -0.0101. The third-order valence-electron chi connectivity index (χ3n) is 4.45. The van der Waals surface area contributed by atoms with Crippen LogP contribution in [0.2, 0.25) is 0 Å². The average Bonchev–Trinajstić information content (AvgIpc) is 3.06. The van der Waals surface area contributed by atoms with Gasteiger partial charge in [0.1, 0.15) is 5.75 Å². The summed E-state index contributed by atoms with van der Waals surface area (Å²) in [6.07, 6.45) is 0. The first-order valence-corrected chi connectivity index (χ1v) is 9.69. The lowest BCUT2D eigenvalue weighted by Crippen LogP contribution is -2.37. The second-order valence-corrected chi connectivity index (χ2v) is 7.92. The number of amides is 1. The first kappa shape index (κ1) is 19.3. The second kappa shape index (κ2) is 8.06. The van der Waals surface area contributed by atoms with Crippen LogP contribution in [0.25, 0.3) is 10.2 Å². The standard InChI is InChI=1S/C21H25N3O2S/c1-14-6-7-15(2)17(12-14)20(25)24(11-10-23(3)4)21-22-18-13-16(26-5)8-9-19(18)27-21/h6-9,12-13H,10-11H2,1-5H3. The molecule has 3 rings (SSSR count). The Hall–Kier alpha value is -2.44. The molecule has 5 nitrogen and oxygen atoms in total. The molecule has 1 heterocycles. The Morgan fingerprint density at radius 3 is 2.59 bits per heavy atom. The zero-order valence-corrected chi connectivity index (χ0v) is 17.3. The minimum Gasteiger partial charge on any atom is -0.497 e. The number of carbonyl (C=O) groups is 1. The molecule has 142 valence electrons. The van der Waals surface area contributed by atoms with Crippen molar-refractivity contribution >= 4 is 32.6 Å². The van der Waals surface area contributed by atoms with Gasteiger partial charge in [-0.2, -0.15) is 0 Å². The largest absolute Gasteiger partial charge is 0.497 e. The fourth-order valence-electron chi connectivity index (χ4n) is 2.83. The van der Waals surface area contributed by atoms with Crippen molar-refractivity contribution in [1.82, 2.24) is 9.88 Å². The topological polar surface area (TPSA) is 45.7 Å². The van der Waals surface area contributed by atoms with E-state index in [4.69, 9.17) is 9.72 Å². The maximum atomic E-state index is 13.4. The Balaban J connectivity index is 2.02. The molecule has 0 saturated heterocycles. The number of aryl methyl sites for hydroxylation is 2. The van der Waals surface area contributed by atoms with Crippen molar-refractivity contribution < 1.29 is 9.53 Å². The van der Waals surface area contributed by atoms with Crippen LogP contribution >= 0.6 is 11.3 Å². The van der Waals surface area contributed by atoms with Crippen molar-refractivity contribution in [3.63, 3.8) is 0 Å². The van der Waals surface area contributed by atoms with Gasteiger partial charge in [-0.05, 0) is 51.7 Å². The molecule has 0 unspecified atom stereocenters. The quantitative estimate of drug-likeness (QED) is 0.642. The number of carbonyl (C=O) groups excluding carboxylic acids is 1. The van der Waals surface area contributed by atoms with Gasteiger partial charge >= 0.3 is 0 Å². The SMILES string of the molecule is COc1ccc2sc(N(CCN(C)C)C(=O)c3cc(C)ccc3C)nc2c1. The van der Waals surface area contributed by atoms with Crippen LogP contribution in [0.3, 0.4) is 0 Å². The number of rotatable bonds is 6. The van der Waals surface area contributed by atoms with Gasteiger partial charge in [0.15, 0.2) is 5.13 Å². The van der Waals surface area contributed by atoms with Crippen LogP contribution in [0, 0.1) is 13.8 Å². The Kier molecular flexibility index (Phi) is 5.77. The summed E-state index contributed by atoms with van der Waals surface area (Å²) in [5.41, 5.74) is 3.62. The van der Waals surface area contributed by atoms with Crippen LogP contribution < -0.4 is 9.64 Å². The van der Waals surface area contributed by atoms with E-state index < -0.39 is 0 Å². The van der Waals surface area contributed by atoms with Crippen LogP contribution in [0.5, 0.6) is 5.75 Å². The molecule has 0 fully saturated rings. The molecular formula is C21H25N3O2S. The van der Waals surface area contributed by atoms with Gasteiger partial charge in [0.25, 0.3) is 5.91 Å². The highest BCUT2D eigenvalue weighted by Crippen LogP contribution is 2.32. The highest BCUT2D eigenvalue weighted by atomic mass is 32.1. The Morgan fingerprint density at radius 1 is 1.11 bits per heavy atom. The Bertz CT molecular complexity index is 965. The second-order valence-electron chi connectivity index (χ2n) is 6.91. The molecule has 1 amide bonds. The van der Waals surface area contributed by atoms with Crippen LogP contribution in [-0.4, -0.2) is 50.1 Å². The monoisotopic (exact) mass is 383 g/mol. The number of nitrogens with zero attached hydrogens (tertiary/aromatic N) is 3. The summed E-state index contributed by atoms with van der Waals surface area (Å²) >= 11 is 1.53. The van der Waals surface area contributed by atoms with E-state index in [1.54, 1.807) is 12.0 Å². The lowest BCUT2D eigenvalue weighted by Gasteiger charge is -2.23. The van der Waals surface area contributed by atoms with E-state index in [1.165, 1.54) is 11.3 Å². The van der Waals surface area contributed by atoms with Gasteiger partial charge < -0.3 is 9.64 Å². The Labute approximate surface area is 164 Å². The maximum absolute atomic E-state index is 13.4. The first-order valence-electron chi connectivity index (χ1n) is 8.87. The first-order chi connectivity index (χ1) is 12.9. The summed E-state index contributed by atoms with van der Waals surface area (Å²) in [7, 11) is 5.65. The molecule has 0 N–H and O–H groups in total. The third-order valence-corrected chi connectivity index (χ3v) is 5.51. The van der Waals surface area contributed by atoms with Crippen LogP contribution in [0.15, 0.2) is 36.4 Å². The van der Waals surface area contributed by atoms with E-state index in [1.807, 2.05) is 64.3 Å². The Morgan fingerprint density at radius 2 is 1.89 bits per heavy atom. The molecule has 3 aromatic rings. The molecule has 0 radical (unpaired) electrons. The molecule has 1 aromatic heterocycles. The van der Waals surface area contributed by atoms with Gasteiger partial charge in [0, 0.05) is 24.7 Å². The number of aromatic nitrogens is 1. The number of thiazole rings is 1.